The van der Waals surface area contributed by atoms with E-state index in [2.05, 4.69) is 0 Å². The Morgan fingerprint density at radius 3 is 2.62 bits per heavy atom. The van der Waals surface area contributed by atoms with Crippen molar-refractivity contribution in [2.75, 3.05) is 6.61 Å². The molecule has 5 heteroatoms. The van der Waals surface area contributed by atoms with Gasteiger partial charge in [0.05, 0.1) is 12.6 Å². The second-order valence-corrected chi connectivity index (χ2v) is 3.00. The number of aromatic hydroxyl groups is 1. The van der Waals surface area contributed by atoms with Crippen LogP contribution in [0.5, 0.6) is 5.75 Å². The van der Waals surface area contributed by atoms with E-state index in [1.54, 1.807) is 0 Å². The number of rotatable bonds is 2. The number of phenolic OH excluding ortho intramolecular Hbond substituents is 1. The Morgan fingerprint density at radius 1 is 1.54 bits per heavy atom. The van der Waals surface area contributed by atoms with Crippen LogP contribution in [-0.4, -0.2) is 16.8 Å². The zero-order chi connectivity index (χ0) is 10.0. The number of hydrogen-bond acceptors (Lipinski definition) is 3. The van der Waals surface area contributed by atoms with Crippen molar-refractivity contribution in [3.8, 4) is 5.75 Å². The van der Waals surface area contributed by atoms with Gasteiger partial charge in [-0.15, -0.1) is 0 Å². The third-order valence-electron chi connectivity index (χ3n) is 1.66. The number of benzene rings is 1. The summed E-state index contributed by atoms with van der Waals surface area (Å²) in [5.74, 6) is -1.12. The molecule has 3 nitrogen and oxygen atoms in total. The molecule has 0 saturated carbocycles. The first kappa shape index (κ1) is 10.2. The summed E-state index contributed by atoms with van der Waals surface area (Å²) < 4.78 is 12.9. The maximum absolute atomic E-state index is 12.9. The summed E-state index contributed by atoms with van der Waals surface area (Å²) in [6.07, 6.45) is 0. The van der Waals surface area contributed by atoms with Crippen molar-refractivity contribution in [1.29, 1.82) is 0 Å². The monoisotopic (exact) mass is 205 g/mol. The van der Waals surface area contributed by atoms with E-state index in [0.717, 1.165) is 6.07 Å². The average molecular weight is 206 g/mol. The molecule has 0 radical (unpaired) electrons. The first-order chi connectivity index (χ1) is 6.06. The molecule has 0 saturated heterocycles. The molecule has 1 aromatic carbocycles. The van der Waals surface area contributed by atoms with Gasteiger partial charge in [-0.3, -0.25) is 0 Å². The fourth-order valence-electron chi connectivity index (χ4n) is 0.914. The fraction of sp³-hybridized carbons (Fsp3) is 0.250. The number of nitrogens with two attached hydrogens (primary N) is 1. The van der Waals surface area contributed by atoms with Crippen LogP contribution in [0, 0.1) is 5.82 Å². The van der Waals surface area contributed by atoms with Crippen molar-refractivity contribution in [2.24, 2.45) is 5.73 Å². The molecular formula is C8H9ClFNO2. The van der Waals surface area contributed by atoms with Crippen LogP contribution in [0.25, 0.3) is 0 Å². The third kappa shape index (κ3) is 2.09. The van der Waals surface area contributed by atoms with E-state index < -0.39 is 11.9 Å². The van der Waals surface area contributed by atoms with Crippen molar-refractivity contribution >= 4 is 11.6 Å². The van der Waals surface area contributed by atoms with Crippen molar-refractivity contribution in [2.45, 2.75) is 6.04 Å². The van der Waals surface area contributed by atoms with Crippen LogP contribution in [0.4, 0.5) is 4.39 Å². The number of phenols is 1. The van der Waals surface area contributed by atoms with Gasteiger partial charge in [-0.1, -0.05) is 11.6 Å². The van der Waals surface area contributed by atoms with Crippen LogP contribution in [0.2, 0.25) is 5.02 Å². The quantitative estimate of drug-likeness (QED) is 0.679. The molecule has 1 unspecified atom stereocenters. The van der Waals surface area contributed by atoms with Crippen molar-refractivity contribution in [3.05, 3.63) is 28.5 Å². The highest BCUT2D eigenvalue weighted by molar-refractivity contribution is 6.32. The Bertz CT molecular complexity index is 296. The molecule has 4 N–H and O–H groups in total. The topological polar surface area (TPSA) is 66.5 Å². The van der Waals surface area contributed by atoms with Gasteiger partial charge in [0.1, 0.15) is 16.6 Å². The smallest absolute Gasteiger partial charge is 0.145 e. The normalized spacial score (nSPS) is 12.9. The lowest BCUT2D eigenvalue weighted by atomic mass is 10.1. The van der Waals surface area contributed by atoms with E-state index in [4.69, 9.17) is 27.5 Å². The minimum atomic E-state index is -0.749. The van der Waals surface area contributed by atoms with E-state index in [9.17, 15) is 4.39 Å². The first-order valence-corrected chi connectivity index (χ1v) is 3.98. The Balaban J connectivity index is 3.13. The molecule has 1 rings (SSSR count). The molecule has 0 amide bonds. The summed E-state index contributed by atoms with van der Waals surface area (Å²) in [5.41, 5.74) is 5.72. The zero-order valence-electron chi connectivity index (χ0n) is 6.67. The Kier molecular flexibility index (Phi) is 3.08. The first-order valence-electron chi connectivity index (χ1n) is 3.60. The number of halogens is 2. The van der Waals surface area contributed by atoms with Gasteiger partial charge in [0, 0.05) is 0 Å². The molecule has 0 aromatic heterocycles. The predicted molar refractivity (Wildman–Crippen MR) is 47.1 cm³/mol. The van der Waals surface area contributed by atoms with Gasteiger partial charge < -0.3 is 15.9 Å². The Morgan fingerprint density at radius 2 is 2.15 bits per heavy atom. The summed E-state index contributed by atoms with van der Waals surface area (Å²) in [6.45, 7) is -0.319. The lowest BCUT2D eigenvalue weighted by molar-refractivity contribution is 0.267. The van der Waals surface area contributed by atoms with E-state index in [1.165, 1.54) is 6.07 Å². The van der Waals surface area contributed by atoms with Gasteiger partial charge in [0.25, 0.3) is 0 Å². The Hall–Kier alpha value is -0.840. The third-order valence-corrected chi connectivity index (χ3v) is 2.03. The SMILES string of the molecule is NC(CO)c1cc(O)c(Cl)c(F)c1. The average Bonchev–Trinajstić information content (AvgIpc) is 2.12. The molecule has 1 aromatic rings. The minimum absolute atomic E-state index is 0.307. The molecule has 72 valence electrons. The summed E-state index contributed by atoms with van der Waals surface area (Å²) >= 11 is 5.37. The van der Waals surface area contributed by atoms with Crippen molar-refractivity contribution in [1.82, 2.24) is 0 Å². The molecular weight excluding hydrogens is 197 g/mol. The summed E-state index contributed by atoms with van der Waals surface area (Å²) in [6, 6.07) is 1.60. The predicted octanol–water partition coefficient (Wildman–Crippen LogP) is 1.18. The minimum Gasteiger partial charge on any atom is -0.506 e. The lowest BCUT2D eigenvalue weighted by Crippen LogP contribution is -2.14. The van der Waals surface area contributed by atoms with Crippen molar-refractivity contribution in [3.63, 3.8) is 0 Å². The van der Waals surface area contributed by atoms with Gasteiger partial charge in [0.2, 0.25) is 0 Å². The maximum atomic E-state index is 12.9. The number of aliphatic hydroxyl groups is 1. The highest BCUT2D eigenvalue weighted by Gasteiger charge is 2.11. The molecule has 0 aliphatic heterocycles. The number of hydrogen-bond donors (Lipinski definition) is 3. The molecule has 0 aliphatic rings. The van der Waals surface area contributed by atoms with Crippen LogP contribution in [0.15, 0.2) is 12.1 Å². The van der Waals surface area contributed by atoms with Gasteiger partial charge in [0.15, 0.2) is 0 Å². The number of aliphatic hydroxyl groups excluding tert-OH is 1. The van der Waals surface area contributed by atoms with E-state index >= 15 is 0 Å². The van der Waals surface area contributed by atoms with Crippen LogP contribution in [-0.2, 0) is 0 Å². The standard InChI is InChI=1S/C8H9ClFNO2/c9-8-5(10)1-4(2-7(8)13)6(11)3-12/h1-2,6,12-13H,3,11H2. The Labute approximate surface area is 79.6 Å². The second kappa shape index (κ2) is 3.91. The van der Waals surface area contributed by atoms with Gasteiger partial charge >= 0.3 is 0 Å². The van der Waals surface area contributed by atoms with Gasteiger partial charge in [-0.05, 0) is 17.7 Å². The highest BCUT2D eigenvalue weighted by atomic mass is 35.5. The van der Waals surface area contributed by atoms with E-state index in [1.807, 2.05) is 0 Å². The summed E-state index contributed by atoms with van der Waals surface area (Å²) in [4.78, 5) is 0. The van der Waals surface area contributed by atoms with E-state index in [-0.39, 0.29) is 17.4 Å². The lowest BCUT2D eigenvalue weighted by Gasteiger charge is -2.09. The fourth-order valence-corrected chi connectivity index (χ4v) is 1.02. The van der Waals surface area contributed by atoms with E-state index in [0.29, 0.717) is 5.56 Å². The van der Waals surface area contributed by atoms with Crippen LogP contribution >= 0.6 is 11.6 Å². The van der Waals surface area contributed by atoms with Crippen LogP contribution < -0.4 is 5.73 Å². The largest absolute Gasteiger partial charge is 0.506 e. The molecule has 0 spiro atoms. The zero-order valence-corrected chi connectivity index (χ0v) is 7.42. The van der Waals surface area contributed by atoms with Crippen molar-refractivity contribution < 1.29 is 14.6 Å². The van der Waals surface area contributed by atoms with Gasteiger partial charge in [-0.25, -0.2) is 4.39 Å². The molecule has 1 atom stereocenters. The molecule has 0 aliphatic carbocycles. The highest BCUT2D eigenvalue weighted by Crippen LogP contribution is 2.29. The molecule has 0 fully saturated rings. The molecule has 0 heterocycles. The van der Waals surface area contributed by atoms with Gasteiger partial charge in [-0.2, -0.15) is 0 Å². The summed E-state index contributed by atoms with van der Waals surface area (Å²) in [5, 5.41) is 17.5. The second-order valence-electron chi connectivity index (χ2n) is 2.62. The molecule has 13 heavy (non-hydrogen) atoms. The maximum Gasteiger partial charge on any atom is 0.145 e. The van der Waals surface area contributed by atoms with Crippen LogP contribution in [0.1, 0.15) is 11.6 Å². The summed E-state index contributed by atoms with van der Waals surface area (Å²) in [7, 11) is 0. The van der Waals surface area contributed by atoms with Crippen LogP contribution in [0.3, 0.4) is 0 Å². The molecule has 0 bridgehead atoms.